The van der Waals surface area contributed by atoms with Crippen molar-refractivity contribution in [1.29, 1.82) is 0 Å². The summed E-state index contributed by atoms with van der Waals surface area (Å²) in [4.78, 5) is 20.3. The van der Waals surface area contributed by atoms with Crippen LogP contribution in [0.1, 0.15) is 31.2 Å². The molecule has 0 unspecified atom stereocenters. The van der Waals surface area contributed by atoms with Gasteiger partial charge in [0.15, 0.2) is 0 Å². The highest BCUT2D eigenvalue weighted by Crippen LogP contribution is 2.35. The quantitative estimate of drug-likeness (QED) is 0.778. The van der Waals surface area contributed by atoms with E-state index in [0.29, 0.717) is 31.7 Å². The Morgan fingerprint density at radius 1 is 1.14 bits per heavy atom. The Morgan fingerprint density at radius 3 is 2.45 bits per heavy atom. The normalized spacial score (nSPS) is 19.3. The van der Waals surface area contributed by atoms with E-state index in [9.17, 15) is 18.0 Å². The van der Waals surface area contributed by atoms with Crippen LogP contribution in [0.15, 0.2) is 36.7 Å². The van der Waals surface area contributed by atoms with Crippen LogP contribution in [0.2, 0.25) is 0 Å². The fourth-order valence-electron chi connectivity index (χ4n) is 3.15. The first-order valence-corrected chi connectivity index (χ1v) is 9.11. The van der Waals surface area contributed by atoms with Gasteiger partial charge in [0.25, 0.3) is 0 Å². The Balaban J connectivity index is 1.53. The maximum Gasteiger partial charge on any atom is 0.416 e. The molecule has 2 aromatic rings. The maximum atomic E-state index is 12.9. The first-order valence-electron chi connectivity index (χ1n) is 9.11. The SMILES string of the molecule is COc1ccc(C(F)(F)F)cc1NC(=O)N[C@H]1CC[C@H](Oc2ncccn2)CC1. The van der Waals surface area contributed by atoms with Gasteiger partial charge in [-0.15, -0.1) is 0 Å². The number of carbonyl (C=O) groups excluding carboxylic acids is 1. The van der Waals surface area contributed by atoms with E-state index >= 15 is 0 Å². The number of alkyl halides is 3. The molecule has 0 bridgehead atoms. The maximum absolute atomic E-state index is 12.9. The summed E-state index contributed by atoms with van der Waals surface area (Å²) in [6.45, 7) is 0. The fourth-order valence-corrected chi connectivity index (χ4v) is 3.15. The number of amides is 2. The van der Waals surface area contributed by atoms with Crippen molar-refractivity contribution in [1.82, 2.24) is 15.3 Å². The van der Waals surface area contributed by atoms with E-state index in [1.807, 2.05) is 0 Å². The van der Waals surface area contributed by atoms with Crippen molar-refractivity contribution >= 4 is 11.7 Å². The van der Waals surface area contributed by atoms with Gasteiger partial charge in [-0.25, -0.2) is 14.8 Å². The molecule has 7 nitrogen and oxygen atoms in total. The molecule has 3 rings (SSSR count). The number of nitrogens with zero attached hydrogens (tertiary/aromatic N) is 2. The molecule has 0 aliphatic heterocycles. The van der Waals surface area contributed by atoms with E-state index in [0.717, 1.165) is 12.1 Å². The van der Waals surface area contributed by atoms with Gasteiger partial charge >= 0.3 is 18.2 Å². The lowest BCUT2D eigenvalue weighted by molar-refractivity contribution is -0.137. The van der Waals surface area contributed by atoms with Gasteiger partial charge in [0.1, 0.15) is 11.9 Å². The van der Waals surface area contributed by atoms with Gasteiger partial charge in [0, 0.05) is 18.4 Å². The van der Waals surface area contributed by atoms with Crippen LogP contribution < -0.4 is 20.1 Å². The number of hydrogen-bond acceptors (Lipinski definition) is 5. The molecule has 2 N–H and O–H groups in total. The molecule has 1 heterocycles. The van der Waals surface area contributed by atoms with Crippen LogP contribution in [0.5, 0.6) is 11.8 Å². The lowest BCUT2D eigenvalue weighted by atomic mass is 9.93. The van der Waals surface area contributed by atoms with Crippen molar-refractivity contribution < 1.29 is 27.4 Å². The van der Waals surface area contributed by atoms with E-state index in [4.69, 9.17) is 9.47 Å². The predicted octanol–water partition coefficient (Wildman–Crippen LogP) is 4.02. The zero-order chi connectivity index (χ0) is 20.9. The summed E-state index contributed by atoms with van der Waals surface area (Å²) in [6.07, 6.45) is 1.40. The second-order valence-corrected chi connectivity index (χ2v) is 6.63. The number of halogens is 3. The van der Waals surface area contributed by atoms with E-state index in [1.165, 1.54) is 13.2 Å². The van der Waals surface area contributed by atoms with Crippen molar-refractivity contribution in [3.8, 4) is 11.8 Å². The summed E-state index contributed by atoms with van der Waals surface area (Å²) < 4.78 is 49.5. The van der Waals surface area contributed by atoms with Gasteiger partial charge in [-0.1, -0.05) is 0 Å². The number of aromatic nitrogens is 2. The van der Waals surface area contributed by atoms with Crippen molar-refractivity contribution in [2.24, 2.45) is 0 Å². The summed E-state index contributed by atoms with van der Waals surface area (Å²) >= 11 is 0. The molecular formula is C19H21F3N4O3. The number of benzene rings is 1. The van der Waals surface area contributed by atoms with E-state index in [2.05, 4.69) is 20.6 Å². The lowest BCUT2D eigenvalue weighted by Crippen LogP contribution is -2.41. The molecule has 2 amide bonds. The number of anilines is 1. The van der Waals surface area contributed by atoms with Gasteiger partial charge in [-0.3, -0.25) is 0 Å². The number of nitrogens with one attached hydrogen (secondary N) is 2. The Bertz CT molecular complexity index is 825. The van der Waals surface area contributed by atoms with Crippen LogP contribution in [0, 0.1) is 0 Å². The van der Waals surface area contributed by atoms with Crippen LogP contribution in [0.25, 0.3) is 0 Å². The molecule has 0 spiro atoms. The summed E-state index contributed by atoms with van der Waals surface area (Å²) in [7, 11) is 1.32. The zero-order valence-electron chi connectivity index (χ0n) is 15.7. The number of rotatable bonds is 5. The molecule has 1 aliphatic carbocycles. The standard InChI is InChI=1S/C19H21F3N4O3/c1-28-16-8-3-12(19(20,21)22)11-15(16)26-17(27)25-13-4-6-14(7-5-13)29-18-23-9-2-10-24-18/h2-3,8-11,13-14H,4-7H2,1H3,(H2,25,26,27)/t13-,14-. The summed E-state index contributed by atoms with van der Waals surface area (Å²) in [5.41, 5.74) is -0.910. The van der Waals surface area contributed by atoms with Crippen LogP contribution in [-0.2, 0) is 6.18 Å². The van der Waals surface area contributed by atoms with Gasteiger partial charge in [0.2, 0.25) is 0 Å². The van der Waals surface area contributed by atoms with Crippen molar-refractivity contribution in [3.05, 3.63) is 42.2 Å². The second kappa shape index (κ2) is 8.97. The van der Waals surface area contributed by atoms with Crippen LogP contribution >= 0.6 is 0 Å². The number of methoxy groups -OCH3 is 1. The third kappa shape index (κ3) is 5.72. The molecule has 1 aromatic heterocycles. The topological polar surface area (TPSA) is 85.4 Å². The van der Waals surface area contributed by atoms with Crippen molar-refractivity contribution in [2.75, 3.05) is 12.4 Å². The summed E-state index contributed by atoms with van der Waals surface area (Å²) in [6, 6.07) is 4.25. The molecule has 0 radical (unpaired) electrons. The summed E-state index contributed by atoms with van der Waals surface area (Å²) in [5, 5.41) is 5.23. The average Bonchev–Trinajstić information content (AvgIpc) is 2.69. The number of hydrogen-bond donors (Lipinski definition) is 2. The number of urea groups is 1. The highest BCUT2D eigenvalue weighted by molar-refractivity contribution is 5.91. The molecule has 10 heteroatoms. The minimum absolute atomic E-state index is 0.0397. The fraction of sp³-hybridized carbons (Fsp3) is 0.421. The third-order valence-corrected chi connectivity index (χ3v) is 4.60. The third-order valence-electron chi connectivity index (χ3n) is 4.60. The zero-order valence-corrected chi connectivity index (χ0v) is 15.7. The number of carbonyl (C=O) groups is 1. The average molecular weight is 410 g/mol. The monoisotopic (exact) mass is 410 g/mol. The Hall–Kier alpha value is -3.04. The molecule has 0 saturated heterocycles. The molecule has 1 fully saturated rings. The summed E-state index contributed by atoms with van der Waals surface area (Å²) in [5.74, 6) is 0.146. The van der Waals surface area contributed by atoms with E-state index in [-0.39, 0.29) is 23.6 Å². The van der Waals surface area contributed by atoms with Crippen LogP contribution in [0.3, 0.4) is 0 Å². The smallest absolute Gasteiger partial charge is 0.416 e. The highest BCUT2D eigenvalue weighted by Gasteiger charge is 2.31. The van der Waals surface area contributed by atoms with Crippen LogP contribution in [0.4, 0.5) is 23.7 Å². The molecule has 1 aromatic carbocycles. The van der Waals surface area contributed by atoms with Crippen LogP contribution in [-0.4, -0.2) is 35.3 Å². The molecule has 1 saturated carbocycles. The minimum atomic E-state index is -4.51. The van der Waals surface area contributed by atoms with Gasteiger partial charge in [-0.2, -0.15) is 13.2 Å². The Kier molecular flexibility index (Phi) is 6.40. The first-order chi connectivity index (χ1) is 13.8. The molecule has 156 valence electrons. The Labute approximate surface area is 165 Å². The largest absolute Gasteiger partial charge is 0.495 e. The van der Waals surface area contributed by atoms with Crippen molar-refractivity contribution in [3.63, 3.8) is 0 Å². The van der Waals surface area contributed by atoms with Gasteiger partial charge in [-0.05, 0) is 49.9 Å². The van der Waals surface area contributed by atoms with E-state index < -0.39 is 17.8 Å². The van der Waals surface area contributed by atoms with E-state index in [1.54, 1.807) is 18.5 Å². The highest BCUT2D eigenvalue weighted by atomic mass is 19.4. The first kappa shape index (κ1) is 20.7. The minimum Gasteiger partial charge on any atom is -0.495 e. The van der Waals surface area contributed by atoms with Gasteiger partial charge < -0.3 is 20.1 Å². The molecule has 29 heavy (non-hydrogen) atoms. The predicted molar refractivity (Wildman–Crippen MR) is 98.9 cm³/mol. The molecule has 0 atom stereocenters. The van der Waals surface area contributed by atoms with Crippen molar-refractivity contribution in [2.45, 2.75) is 44.0 Å². The number of ether oxygens (including phenoxy) is 2. The van der Waals surface area contributed by atoms with Gasteiger partial charge in [0.05, 0.1) is 18.4 Å². The lowest BCUT2D eigenvalue weighted by Gasteiger charge is -2.29. The molecular weight excluding hydrogens is 389 g/mol. The second-order valence-electron chi connectivity index (χ2n) is 6.63. The Morgan fingerprint density at radius 2 is 1.83 bits per heavy atom. The molecule has 1 aliphatic rings.